The molecule has 2 aromatic rings. The molecule has 0 unspecified atom stereocenters. The second kappa shape index (κ2) is 6.88. The average molecular weight is 284 g/mol. The van der Waals surface area contributed by atoms with E-state index in [2.05, 4.69) is 10.3 Å². The van der Waals surface area contributed by atoms with Crippen molar-refractivity contribution in [2.24, 2.45) is 0 Å². The molecule has 4 heteroatoms. The molecule has 21 heavy (non-hydrogen) atoms. The van der Waals surface area contributed by atoms with E-state index in [1.54, 1.807) is 12.3 Å². The summed E-state index contributed by atoms with van der Waals surface area (Å²) in [7, 11) is 0. The molecule has 1 aromatic carbocycles. The lowest BCUT2D eigenvalue weighted by atomic mass is 10.1. The molecular weight excluding hydrogens is 264 g/mol. The summed E-state index contributed by atoms with van der Waals surface area (Å²) in [4.78, 5) is 16.0. The Morgan fingerprint density at radius 1 is 1.14 bits per heavy atom. The van der Waals surface area contributed by atoms with Crippen LogP contribution in [-0.2, 0) is 4.79 Å². The topological polar surface area (TPSA) is 51.2 Å². The van der Waals surface area contributed by atoms with Crippen LogP contribution in [-0.4, -0.2) is 17.5 Å². The molecular formula is C17H20N2O2. The van der Waals surface area contributed by atoms with Crippen LogP contribution in [0.3, 0.4) is 0 Å². The van der Waals surface area contributed by atoms with Gasteiger partial charge in [-0.05, 0) is 43.5 Å². The van der Waals surface area contributed by atoms with E-state index in [1.807, 2.05) is 45.0 Å². The van der Waals surface area contributed by atoms with Gasteiger partial charge in [0.25, 0.3) is 0 Å². The molecule has 1 aromatic heterocycles. The maximum absolute atomic E-state index is 11.8. The van der Waals surface area contributed by atoms with Crippen molar-refractivity contribution in [3.63, 3.8) is 0 Å². The number of benzene rings is 1. The number of aromatic nitrogens is 1. The summed E-state index contributed by atoms with van der Waals surface area (Å²) in [6.45, 7) is 6.30. The highest BCUT2D eigenvalue weighted by atomic mass is 16.5. The summed E-state index contributed by atoms with van der Waals surface area (Å²) in [6, 6.07) is 9.69. The van der Waals surface area contributed by atoms with Crippen LogP contribution >= 0.6 is 0 Å². The van der Waals surface area contributed by atoms with Crippen molar-refractivity contribution in [3.8, 4) is 5.75 Å². The molecule has 1 heterocycles. The molecule has 1 amide bonds. The lowest BCUT2D eigenvalue weighted by Gasteiger charge is -2.11. The van der Waals surface area contributed by atoms with Gasteiger partial charge in [-0.15, -0.1) is 0 Å². The fraction of sp³-hybridized carbons (Fsp3) is 0.294. The highest BCUT2D eigenvalue weighted by Crippen LogP contribution is 2.22. The first-order chi connectivity index (χ1) is 10.1. The van der Waals surface area contributed by atoms with E-state index < -0.39 is 0 Å². The Balaban J connectivity index is 1.83. The van der Waals surface area contributed by atoms with E-state index in [0.717, 1.165) is 22.4 Å². The van der Waals surface area contributed by atoms with Gasteiger partial charge in [-0.25, -0.2) is 4.98 Å². The Morgan fingerprint density at radius 3 is 2.48 bits per heavy atom. The van der Waals surface area contributed by atoms with Crippen molar-refractivity contribution < 1.29 is 9.53 Å². The summed E-state index contributed by atoms with van der Waals surface area (Å²) in [5, 5.41) is 2.75. The fourth-order valence-corrected chi connectivity index (χ4v) is 2.02. The van der Waals surface area contributed by atoms with Crippen LogP contribution in [0.1, 0.15) is 23.1 Å². The second-order valence-electron chi connectivity index (χ2n) is 5.09. The van der Waals surface area contributed by atoms with Crippen LogP contribution in [0.15, 0.2) is 36.5 Å². The van der Waals surface area contributed by atoms with E-state index >= 15 is 0 Å². The monoisotopic (exact) mass is 284 g/mol. The SMILES string of the molecule is Cc1ccc(NC(=O)CCOc2c(C)cccc2C)nc1. The van der Waals surface area contributed by atoms with Crippen molar-refractivity contribution in [1.29, 1.82) is 0 Å². The first kappa shape index (κ1) is 15.0. The van der Waals surface area contributed by atoms with Crippen LogP contribution < -0.4 is 10.1 Å². The van der Waals surface area contributed by atoms with E-state index in [-0.39, 0.29) is 5.91 Å². The number of rotatable bonds is 5. The number of aryl methyl sites for hydroxylation is 3. The molecule has 110 valence electrons. The normalized spacial score (nSPS) is 10.2. The van der Waals surface area contributed by atoms with E-state index in [9.17, 15) is 4.79 Å². The smallest absolute Gasteiger partial charge is 0.228 e. The van der Waals surface area contributed by atoms with Gasteiger partial charge in [0.2, 0.25) is 5.91 Å². The molecule has 0 aliphatic carbocycles. The highest BCUT2D eigenvalue weighted by Gasteiger charge is 2.06. The molecule has 0 fully saturated rings. The largest absolute Gasteiger partial charge is 0.493 e. The summed E-state index contributed by atoms with van der Waals surface area (Å²) < 4.78 is 5.71. The van der Waals surface area contributed by atoms with E-state index in [0.29, 0.717) is 18.8 Å². The van der Waals surface area contributed by atoms with Crippen LogP contribution in [0, 0.1) is 20.8 Å². The number of ether oxygens (including phenoxy) is 1. The molecule has 1 N–H and O–H groups in total. The minimum absolute atomic E-state index is 0.0995. The molecule has 0 spiro atoms. The van der Waals surface area contributed by atoms with Gasteiger partial charge in [-0.1, -0.05) is 24.3 Å². The minimum Gasteiger partial charge on any atom is -0.493 e. The summed E-state index contributed by atoms with van der Waals surface area (Å²) in [5.41, 5.74) is 3.22. The van der Waals surface area contributed by atoms with Gasteiger partial charge in [-0.2, -0.15) is 0 Å². The number of carbonyl (C=O) groups is 1. The number of nitrogens with zero attached hydrogens (tertiary/aromatic N) is 1. The van der Waals surface area contributed by atoms with Crippen LogP contribution in [0.5, 0.6) is 5.75 Å². The summed E-state index contributed by atoms with van der Waals surface area (Å²) >= 11 is 0. The van der Waals surface area contributed by atoms with Crippen molar-refractivity contribution >= 4 is 11.7 Å². The third-order valence-electron chi connectivity index (χ3n) is 3.16. The number of para-hydroxylation sites is 1. The molecule has 0 radical (unpaired) electrons. The van der Waals surface area contributed by atoms with Gasteiger partial charge >= 0.3 is 0 Å². The lowest BCUT2D eigenvalue weighted by Crippen LogP contribution is -2.16. The molecule has 0 aliphatic heterocycles. The number of anilines is 1. The first-order valence-electron chi connectivity index (χ1n) is 6.98. The predicted molar refractivity (Wildman–Crippen MR) is 83.6 cm³/mol. The Hall–Kier alpha value is -2.36. The Kier molecular flexibility index (Phi) is 4.93. The predicted octanol–water partition coefficient (Wildman–Crippen LogP) is 3.41. The zero-order valence-corrected chi connectivity index (χ0v) is 12.6. The van der Waals surface area contributed by atoms with Gasteiger partial charge < -0.3 is 10.1 Å². The zero-order valence-electron chi connectivity index (χ0n) is 12.6. The van der Waals surface area contributed by atoms with Crippen molar-refractivity contribution in [1.82, 2.24) is 4.98 Å². The molecule has 4 nitrogen and oxygen atoms in total. The van der Waals surface area contributed by atoms with Crippen molar-refractivity contribution in [2.45, 2.75) is 27.2 Å². The van der Waals surface area contributed by atoms with Gasteiger partial charge in [-0.3, -0.25) is 4.79 Å². The van der Waals surface area contributed by atoms with Crippen molar-refractivity contribution in [2.75, 3.05) is 11.9 Å². The zero-order chi connectivity index (χ0) is 15.2. The first-order valence-corrected chi connectivity index (χ1v) is 6.98. The number of nitrogens with one attached hydrogen (secondary N) is 1. The maximum atomic E-state index is 11.8. The third-order valence-corrected chi connectivity index (χ3v) is 3.16. The van der Waals surface area contributed by atoms with Crippen LogP contribution in [0.4, 0.5) is 5.82 Å². The molecule has 0 aliphatic rings. The summed E-state index contributed by atoms with van der Waals surface area (Å²) in [5.74, 6) is 1.33. The second-order valence-corrected chi connectivity index (χ2v) is 5.09. The standard InChI is InChI=1S/C17H20N2O2/c1-12-7-8-15(18-11-12)19-16(20)9-10-21-17-13(2)5-4-6-14(17)3/h4-8,11H,9-10H2,1-3H3,(H,18,19,20). The molecule has 0 bridgehead atoms. The number of carbonyl (C=O) groups excluding carboxylic acids is 1. The van der Waals surface area contributed by atoms with Gasteiger partial charge in [0.15, 0.2) is 0 Å². The lowest BCUT2D eigenvalue weighted by molar-refractivity contribution is -0.116. The summed E-state index contributed by atoms with van der Waals surface area (Å²) in [6.07, 6.45) is 2.02. The van der Waals surface area contributed by atoms with E-state index in [1.165, 1.54) is 0 Å². The molecule has 0 saturated carbocycles. The van der Waals surface area contributed by atoms with E-state index in [4.69, 9.17) is 4.74 Å². The Labute approximate surface area is 125 Å². The molecule has 2 rings (SSSR count). The number of hydrogen-bond donors (Lipinski definition) is 1. The quantitative estimate of drug-likeness (QED) is 0.915. The number of amides is 1. The fourth-order valence-electron chi connectivity index (χ4n) is 2.02. The Morgan fingerprint density at radius 2 is 1.86 bits per heavy atom. The van der Waals surface area contributed by atoms with Crippen molar-refractivity contribution in [3.05, 3.63) is 53.2 Å². The maximum Gasteiger partial charge on any atom is 0.228 e. The molecule has 0 atom stereocenters. The number of hydrogen-bond acceptors (Lipinski definition) is 3. The van der Waals surface area contributed by atoms with Crippen LogP contribution in [0.25, 0.3) is 0 Å². The van der Waals surface area contributed by atoms with Gasteiger partial charge in [0.05, 0.1) is 13.0 Å². The highest BCUT2D eigenvalue weighted by molar-refractivity contribution is 5.89. The minimum atomic E-state index is -0.0995. The average Bonchev–Trinajstić information content (AvgIpc) is 2.45. The van der Waals surface area contributed by atoms with Crippen LogP contribution in [0.2, 0.25) is 0 Å². The Bertz CT molecular complexity index is 601. The third kappa shape index (κ3) is 4.31. The number of pyridine rings is 1. The molecule has 0 saturated heterocycles. The van der Waals surface area contributed by atoms with Gasteiger partial charge in [0.1, 0.15) is 11.6 Å². The van der Waals surface area contributed by atoms with Gasteiger partial charge in [0, 0.05) is 6.20 Å².